The van der Waals surface area contributed by atoms with Crippen LogP contribution in [0.15, 0.2) is 60.7 Å². The molecule has 0 atom stereocenters. The molecule has 0 unspecified atom stereocenters. The first-order valence-corrected chi connectivity index (χ1v) is 12.6. The van der Waals surface area contributed by atoms with Gasteiger partial charge >= 0.3 is 8.60 Å². The van der Waals surface area contributed by atoms with E-state index in [2.05, 4.69) is 0 Å². The van der Waals surface area contributed by atoms with Crippen LogP contribution in [-0.4, -0.2) is 31.7 Å². The Morgan fingerprint density at radius 3 is 1.62 bits per heavy atom. The Labute approximate surface area is 176 Å². The molecule has 2 aliphatic heterocycles. The minimum absolute atomic E-state index is 0.278. The van der Waals surface area contributed by atoms with E-state index in [1.807, 2.05) is 88.4 Å². The van der Waals surface area contributed by atoms with Crippen LogP contribution < -0.4 is 9.05 Å². The molecule has 0 bridgehead atoms. The summed E-state index contributed by atoms with van der Waals surface area (Å²) in [6.45, 7) is 8.56. The zero-order chi connectivity index (χ0) is 21.0. The van der Waals surface area contributed by atoms with Crippen LogP contribution >= 0.6 is 16.8 Å². The lowest BCUT2D eigenvalue weighted by Crippen LogP contribution is -2.49. The van der Waals surface area contributed by atoms with Gasteiger partial charge in [-0.2, -0.15) is 0 Å². The lowest BCUT2D eigenvalue weighted by Gasteiger charge is -2.41. The number of benzene rings is 2. The Balaban J connectivity index is 0.000000707. The minimum Gasteiger partial charge on any atom is -0.469 e. The van der Waals surface area contributed by atoms with Crippen LogP contribution in [0.3, 0.4) is 0 Å². The summed E-state index contributed by atoms with van der Waals surface area (Å²) < 4.78 is 34.7. The van der Waals surface area contributed by atoms with E-state index in [0.29, 0.717) is 12.7 Å². The van der Waals surface area contributed by atoms with E-state index in [4.69, 9.17) is 27.6 Å². The number of rotatable bonds is 4. The Morgan fingerprint density at radius 1 is 0.690 bits per heavy atom. The lowest BCUT2D eigenvalue weighted by molar-refractivity contribution is -0.268. The Morgan fingerprint density at radius 2 is 1.14 bits per heavy atom. The third-order valence-electron chi connectivity index (χ3n) is 3.62. The fourth-order valence-electron chi connectivity index (χ4n) is 2.31. The highest BCUT2D eigenvalue weighted by molar-refractivity contribution is 7.52. The van der Waals surface area contributed by atoms with E-state index < -0.39 is 22.5 Å². The fraction of sp³-hybridized carbons (Fsp3) is 0.429. The standard InChI is InChI=1S/C17H18O6P2.2C2H6/c1-3-7-15(8-4-1)22-24-13-18-17(19-14-24)11-20-25(21-12-17)23-16-9-5-2-6-10-16;2*1-2/h1-10H,11-14H2;2*1-2H3. The first-order chi connectivity index (χ1) is 14.3. The van der Waals surface area contributed by atoms with Gasteiger partial charge in [0.05, 0.1) is 0 Å². The molecule has 2 heterocycles. The maximum absolute atomic E-state index is 5.90. The Bertz CT molecular complexity index is 594. The van der Waals surface area contributed by atoms with E-state index >= 15 is 0 Å². The molecule has 0 amide bonds. The quantitative estimate of drug-likeness (QED) is 0.504. The highest BCUT2D eigenvalue weighted by Crippen LogP contribution is 2.50. The fourth-order valence-corrected chi connectivity index (χ4v) is 4.75. The number of para-hydroxylation sites is 2. The smallest absolute Gasteiger partial charge is 0.397 e. The second kappa shape index (κ2) is 13.1. The predicted molar refractivity (Wildman–Crippen MR) is 117 cm³/mol. The van der Waals surface area contributed by atoms with Crippen molar-refractivity contribution < 1.29 is 27.6 Å². The molecular weight excluding hydrogens is 410 g/mol. The highest BCUT2D eigenvalue weighted by atomic mass is 31.2. The van der Waals surface area contributed by atoms with Gasteiger partial charge in [-0.25, -0.2) is 0 Å². The van der Waals surface area contributed by atoms with Gasteiger partial charge in [0.15, 0.2) is 0 Å². The zero-order valence-electron chi connectivity index (χ0n) is 17.4. The summed E-state index contributed by atoms with van der Waals surface area (Å²) >= 11 is 0. The van der Waals surface area contributed by atoms with Crippen molar-refractivity contribution in [2.45, 2.75) is 33.5 Å². The topological polar surface area (TPSA) is 55.4 Å². The second-order valence-corrected chi connectivity index (χ2v) is 8.33. The maximum atomic E-state index is 5.90. The summed E-state index contributed by atoms with van der Waals surface area (Å²) in [5, 5.41) is 0. The molecule has 160 valence electrons. The summed E-state index contributed by atoms with van der Waals surface area (Å²) in [6, 6.07) is 19.1. The van der Waals surface area contributed by atoms with E-state index in [0.717, 1.165) is 11.5 Å². The summed E-state index contributed by atoms with van der Waals surface area (Å²) in [7, 11) is -2.27. The van der Waals surface area contributed by atoms with Gasteiger partial charge < -0.3 is 18.5 Å². The van der Waals surface area contributed by atoms with Crippen molar-refractivity contribution in [2.24, 2.45) is 0 Å². The predicted octanol–water partition coefficient (Wildman–Crippen LogP) is 6.53. The van der Waals surface area contributed by atoms with Crippen LogP contribution in [0.2, 0.25) is 0 Å². The van der Waals surface area contributed by atoms with Gasteiger partial charge in [-0.1, -0.05) is 64.1 Å². The van der Waals surface area contributed by atoms with Crippen molar-refractivity contribution in [2.75, 3.05) is 25.9 Å². The average Bonchev–Trinajstić information content (AvgIpc) is 2.81. The maximum Gasteiger partial charge on any atom is 0.397 e. The highest BCUT2D eigenvalue weighted by Gasteiger charge is 2.45. The SMILES string of the molecule is CC.CC.c1ccc(OP2COC3(COP(Oc4ccccc4)OC3)OC2)cc1. The minimum atomic E-state index is -1.44. The van der Waals surface area contributed by atoms with Crippen LogP contribution in [0.5, 0.6) is 11.5 Å². The molecule has 0 radical (unpaired) electrons. The van der Waals surface area contributed by atoms with Crippen LogP contribution in [0, 0.1) is 0 Å². The van der Waals surface area contributed by atoms with Crippen LogP contribution in [0.25, 0.3) is 0 Å². The first kappa shape index (κ1) is 24.0. The Kier molecular flexibility index (Phi) is 10.9. The molecule has 0 aliphatic carbocycles. The Hall–Kier alpha value is -1.26. The molecular formula is C21H30O6P2. The number of ether oxygens (including phenoxy) is 2. The van der Waals surface area contributed by atoms with E-state index in [1.54, 1.807) is 0 Å². The third-order valence-corrected chi connectivity index (χ3v) is 5.97. The van der Waals surface area contributed by atoms with Crippen molar-refractivity contribution in [1.29, 1.82) is 0 Å². The molecule has 1 spiro atoms. The third kappa shape index (κ3) is 7.49. The molecule has 2 aliphatic rings. The lowest BCUT2D eigenvalue weighted by atomic mass is 10.3. The second-order valence-electron chi connectivity index (χ2n) is 5.52. The molecule has 2 aromatic rings. The molecule has 2 aromatic carbocycles. The number of hydrogen-bond donors (Lipinski definition) is 0. The van der Waals surface area contributed by atoms with Crippen molar-refractivity contribution in [3.63, 3.8) is 0 Å². The molecule has 0 saturated carbocycles. The summed E-state index contributed by atoms with van der Waals surface area (Å²) in [6.07, 6.45) is 0.961. The first-order valence-electron chi connectivity index (χ1n) is 9.86. The van der Waals surface area contributed by atoms with Gasteiger partial charge in [0.2, 0.25) is 5.79 Å². The van der Waals surface area contributed by atoms with E-state index in [9.17, 15) is 0 Å². The summed E-state index contributed by atoms with van der Waals surface area (Å²) in [5.74, 6) is 0.681. The molecule has 0 aromatic heterocycles. The summed E-state index contributed by atoms with van der Waals surface area (Å²) in [4.78, 5) is 0. The largest absolute Gasteiger partial charge is 0.469 e. The summed E-state index contributed by atoms with van der Waals surface area (Å²) in [5.41, 5.74) is 0. The number of hydrogen-bond acceptors (Lipinski definition) is 6. The molecule has 0 N–H and O–H groups in total. The van der Waals surface area contributed by atoms with Gasteiger partial charge in [-0.15, -0.1) is 0 Å². The normalized spacial score (nSPS) is 25.7. The van der Waals surface area contributed by atoms with E-state index in [1.165, 1.54) is 0 Å². The van der Waals surface area contributed by atoms with Crippen molar-refractivity contribution in [3.05, 3.63) is 60.7 Å². The molecule has 2 saturated heterocycles. The molecule has 6 nitrogen and oxygen atoms in total. The van der Waals surface area contributed by atoms with Gasteiger partial charge in [0.25, 0.3) is 0 Å². The van der Waals surface area contributed by atoms with E-state index in [-0.39, 0.29) is 13.2 Å². The van der Waals surface area contributed by atoms with Crippen molar-refractivity contribution in [3.8, 4) is 11.5 Å². The average molecular weight is 440 g/mol. The molecule has 2 fully saturated rings. The molecule has 8 heteroatoms. The van der Waals surface area contributed by atoms with Crippen molar-refractivity contribution >= 4 is 16.8 Å². The van der Waals surface area contributed by atoms with Gasteiger partial charge in [-0.05, 0) is 24.3 Å². The van der Waals surface area contributed by atoms with Crippen molar-refractivity contribution in [1.82, 2.24) is 0 Å². The van der Waals surface area contributed by atoms with Gasteiger partial charge in [0, 0.05) is 0 Å². The van der Waals surface area contributed by atoms with Gasteiger partial charge in [-0.3, -0.25) is 9.05 Å². The molecule has 4 rings (SSSR count). The van der Waals surface area contributed by atoms with Crippen LogP contribution in [0.4, 0.5) is 0 Å². The van der Waals surface area contributed by atoms with Gasteiger partial charge in [0.1, 0.15) is 45.6 Å². The monoisotopic (exact) mass is 440 g/mol. The van der Waals surface area contributed by atoms with Crippen LogP contribution in [0.1, 0.15) is 27.7 Å². The molecule has 29 heavy (non-hydrogen) atoms. The zero-order valence-corrected chi connectivity index (χ0v) is 19.2. The van der Waals surface area contributed by atoms with Crippen LogP contribution in [-0.2, 0) is 18.5 Å².